The van der Waals surface area contributed by atoms with Crippen molar-refractivity contribution in [3.63, 3.8) is 0 Å². The SMILES string of the molecule is CC1(C)c2ccccc2-c2cc(-c3ccc4c5ccccc5n(-c5ccc6cc(-c7nc(-n8c9ccccc9c9ccc(-c%10ccc%11c(c%10)-c%10ccccc%10C%11(C)C)cc98)nc8ccc(-n9c%10ccccc%10c%10ccc(-c%11ccc%12c(c%11)-c%11ccccc%11C%12(C)C)cc%109)cc78)ccc6c5)c4c3)ccc21. The Labute approximate surface area is 602 Å². The van der Waals surface area contributed by atoms with Gasteiger partial charge in [-0.3, -0.25) is 4.57 Å². The Hall–Kier alpha value is -12.7. The minimum atomic E-state index is -0.0855. The van der Waals surface area contributed by atoms with Gasteiger partial charge in [0.2, 0.25) is 5.95 Å². The first kappa shape index (κ1) is 59.0. The zero-order valence-electron chi connectivity index (χ0n) is 58.7. The molecule has 0 radical (unpaired) electrons. The normalized spacial score (nSPS) is 14.3. The molecule has 22 rings (SSSR count). The summed E-state index contributed by atoms with van der Waals surface area (Å²) < 4.78 is 7.22. The third kappa shape index (κ3) is 8.26. The first-order chi connectivity index (χ1) is 50.8. The first-order valence-corrected chi connectivity index (χ1v) is 36.5. The second-order valence-electron chi connectivity index (χ2n) is 30.9. The second kappa shape index (κ2) is 21.2. The number of hydrogen-bond acceptors (Lipinski definition) is 2. The van der Waals surface area contributed by atoms with Gasteiger partial charge in [0, 0.05) is 70.9 Å². The van der Waals surface area contributed by atoms with Gasteiger partial charge in [-0.25, -0.2) is 9.97 Å². The Morgan fingerprint density at radius 3 is 1.03 bits per heavy atom. The highest BCUT2D eigenvalue weighted by atomic mass is 15.2. The van der Waals surface area contributed by atoms with Gasteiger partial charge in [0.15, 0.2) is 0 Å². The summed E-state index contributed by atoms with van der Waals surface area (Å²) in [4.78, 5) is 11.6. The van der Waals surface area contributed by atoms with Gasteiger partial charge in [0.25, 0.3) is 0 Å². The molecule has 0 bridgehead atoms. The molecule has 0 amide bonds. The molecular weight excluding hydrogens is 1260 g/mol. The molecule has 4 heterocycles. The van der Waals surface area contributed by atoms with Crippen LogP contribution in [0.15, 0.2) is 309 Å². The summed E-state index contributed by atoms with van der Waals surface area (Å²) in [6, 6.07) is 116. The molecule has 19 aromatic rings. The molecule has 15 aromatic carbocycles. The molecule has 5 nitrogen and oxygen atoms in total. The Kier molecular flexibility index (Phi) is 12.0. The van der Waals surface area contributed by atoms with E-state index in [0.717, 1.165) is 82.7 Å². The van der Waals surface area contributed by atoms with Gasteiger partial charge in [-0.05, 0) is 202 Å². The van der Waals surface area contributed by atoms with E-state index in [1.807, 2.05) is 0 Å². The van der Waals surface area contributed by atoms with E-state index in [2.05, 4.69) is 365 Å². The van der Waals surface area contributed by atoms with Gasteiger partial charge in [-0.2, -0.15) is 0 Å². The van der Waals surface area contributed by atoms with E-state index in [-0.39, 0.29) is 16.2 Å². The molecular formula is C99H69N5. The van der Waals surface area contributed by atoms with Crippen molar-refractivity contribution in [1.82, 2.24) is 23.7 Å². The van der Waals surface area contributed by atoms with Gasteiger partial charge in [-0.1, -0.05) is 260 Å². The third-order valence-corrected chi connectivity index (χ3v) is 24.3. The number of aromatic nitrogens is 5. The molecule has 3 aliphatic rings. The van der Waals surface area contributed by atoms with Gasteiger partial charge >= 0.3 is 0 Å². The van der Waals surface area contributed by atoms with Crippen LogP contribution in [0.1, 0.15) is 74.9 Å². The molecule has 0 saturated carbocycles. The van der Waals surface area contributed by atoms with E-state index >= 15 is 0 Å². The Morgan fingerprint density at radius 1 is 0.221 bits per heavy atom. The molecule has 4 aromatic heterocycles. The van der Waals surface area contributed by atoms with Crippen LogP contribution in [0.2, 0.25) is 0 Å². The van der Waals surface area contributed by atoms with Crippen molar-refractivity contribution in [3.8, 4) is 95.3 Å². The highest BCUT2D eigenvalue weighted by Gasteiger charge is 2.38. The third-order valence-electron chi connectivity index (χ3n) is 24.3. The topological polar surface area (TPSA) is 40.6 Å². The number of nitrogens with zero attached hydrogens (tertiary/aromatic N) is 5. The largest absolute Gasteiger partial charge is 0.309 e. The molecule has 0 unspecified atom stereocenters. The lowest BCUT2D eigenvalue weighted by atomic mass is 9.82. The van der Waals surface area contributed by atoms with Crippen molar-refractivity contribution in [2.45, 2.75) is 57.8 Å². The van der Waals surface area contributed by atoms with E-state index in [1.165, 1.54) is 127 Å². The summed E-state index contributed by atoms with van der Waals surface area (Å²) in [5.74, 6) is 0.616. The van der Waals surface area contributed by atoms with Crippen LogP contribution in [0, 0.1) is 0 Å². The quantitative estimate of drug-likeness (QED) is 0.160. The molecule has 0 saturated heterocycles. The maximum atomic E-state index is 5.90. The highest BCUT2D eigenvalue weighted by molar-refractivity contribution is 6.14. The van der Waals surface area contributed by atoms with Gasteiger partial charge in [0.1, 0.15) is 0 Å². The molecule has 490 valence electrons. The van der Waals surface area contributed by atoms with Gasteiger partial charge in [0.05, 0.1) is 44.3 Å². The molecule has 0 spiro atoms. The fraction of sp³-hybridized carbons (Fsp3) is 0.0909. The first-order valence-electron chi connectivity index (χ1n) is 36.5. The summed E-state index contributed by atoms with van der Waals surface area (Å²) in [6.45, 7) is 14.1. The van der Waals surface area contributed by atoms with Crippen LogP contribution >= 0.6 is 0 Å². The van der Waals surface area contributed by atoms with Crippen LogP contribution in [0.25, 0.3) is 182 Å². The zero-order valence-corrected chi connectivity index (χ0v) is 58.7. The highest BCUT2D eigenvalue weighted by Crippen LogP contribution is 2.54. The van der Waals surface area contributed by atoms with E-state index in [0.29, 0.717) is 5.95 Å². The molecule has 0 N–H and O–H groups in total. The average Bonchev–Trinajstić information content (AvgIpc) is 1.48. The summed E-state index contributed by atoms with van der Waals surface area (Å²) in [5.41, 5.74) is 34.6. The molecule has 3 aliphatic carbocycles. The van der Waals surface area contributed by atoms with Crippen LogP contribution in [0.4, 0.5) is 0 Å². The summed E-state index contributed by atoms with van der Waals surface area (Å²) in [6.07, 6.45) is 0. The Balaban J connectivity index is 0.720. The number of benzene rings is 15. The minimum absolute atomic E-state index is 0.0565. The fourth-order valence-electron chi connectivity index (χ4n) is 19.0. The number of rotatable bonds is 7. The maximum Gasteiger partial charge on any atom is 0.235 e. The van der Waals surface area contributed by atoms with E-state index < -0.39 is 0 Å². The Bertz CT molecular complexity index is 7020. The fourth-order valence-corrected chi connectivity index (χ4v) is 19.0. The number of para-hydroxylation sites is 3. The van der Waals surface area contributed by atoms with E-state index in [9.17, 15) is 0 Å². The lowest BCUT2D eigenvalue weighted by molar-refractivity contribution is 0.660. The molecule has 104 heavy (non-hydrogen) atoms. The lowest BCUT2D eigenvalue weighted by Crippen LogP contribution is -2.14. The van der Waals surface area contributed by atoms with E-state index in [1.54, 1.807) is 0 Å². The van der Waals surface area contributed by atoms with Gasteiger partial charge < -0.3 is 9.13 Å². The van der Waals surface area contributed by atoms with Crippen molar-refractivity contribution in [2.75, 3.05) is 0 Å². The molecule has 0 aliphatic heterocycles. The number of fused-ring (bicyclic) bond motifs is 20. The van der Waals surface area contributed by atoms with Crippen LogP contribution < -0.4 is 0 Å². The van der Waals surface area contributed by atoms with Crippen LogP contribution in [-0.2, 0) is 16.2 Å². The summed E-state index contributed by atoms with van der Waals surface area (Å²) in [5, 5.41) is 10.4. The van der Waals surface area contributed by atoms with Crippen molar-refractivity contribution < 1.29 is 0 Å². The Morgan fingerprint density at radius 2 is 0.558 bits per heavy atom. The molecule has 0 atom stereocenters. The average molecular weight is 1330 g/mol. The predicted molar refractivity (Wildman–Crippen MR) is 434 cm³/mol. The standard InChI is InChI=1S/C99H69N5/c1-97(2)82-25-13-7-19-69(82)78-51-60(37-45-85(78)97)63-34-42-75-72-22-10-16-28-89(72)102(92(75)54-63)67-40-33-58-49-66(32-31-59(58)50-67)95-81-57-68(103-90-29-17-11-23-73(90)76-43-35-64(55-93(76)103)61-38-46-86-79(52-61)70-20-8-14-26-83(70)98(86,3)4)41-48-88(81)100-96(101-95)104-91-30-18-12-24-74(91)77-44-36-65(56-94(77)104)62-39-47-87-80(53-62)71-21-9-15-27-84(71)99(87,5)6/h7-57H,1-6H3. The van der Waals surface area contributed by atoms with E-state index in [4.69, 9.17) is 9.97 Å². The summed E-state index contributed by atoms with van der Waals surface area (Å²) >= 11 is 0. The van der Waals surface area contributed by atoms with Gasteiger partial charge in [-0.15, -0.1) is 0 Å². The smallest absolute Gasteiger partial charge is 0.235 e. The monoisotopic (exact) mass is 1330 g/mol. The van der Waals surface area contributed by atoms with Crippen molar-refractivity contribution >= 4 is 87.1 Å². The second-order valence-corrected chi connectivity index (χ2v) is 30.9. The van der Waals surface area contributed by atoms with Crippen molar-refractivity contribution in [1.29, 1.82) is 0 Å². The van der Waals surface area contributed by atoms with Crippen LogP contribution in [-0.4, -0.2) is 23.7 Å². The van der Waals surface area contributed by atoms with Crippen molar-refractivity contribution in [2.24, 2.45) is 0 Å². The molecule has 0 fully saturated rings. The van der Waals surface area contributed by atoms with Crippen LogP contribution in [0.5, 0.6) is 0 Å². The lowest BCUT2D eigenvalue weighted by Gasteiger charge is -2.21. The van der Waals surface area contributed by atoms with Crippen molar-refractivity contribution in [3.05, 3.63) is 343 Å². The number of hydrogen-bond donors (Lipinski definition) is 0. The van der Waals surface area contributed by atoms with Crippen LogP contribution in [0.3, 0.4) is 0 Å². The zero-order chi connectivity index (χ0) is 69.2. The minimum Gasteiger partial charge on any atom is -0.309 e. The predicted octanol–water partition coefficient (Wildman–Crippen LogP) is 25.7. The summed E-state index contributed by atoms with van der Waals surface area (Å²) in [7, 11) is 0. The maximum absolute atomic E-state index is 5.90. The molecule has 5 heteroatoms.